The lowest BCUT2D eigenvalue weighted by Crippen LogP contribution is -2.39. The number of nitrogens with zero attached hydrogens (tertiary/aromatic N) is 1. The molecule has 1 aromatic rings. The number of carbonyl (C=O) groups is 1. The highest BCUT2D eigenvalue weighted by Gasteiger charge is 2.22. The van der Waals surface area contributed by atoms with E-state index < -0.39 is 0 Å². The fourth-order valence-electron chi connectivity index (χ4n) is 2.87. The van der Waals surface area contributed by atoms with Gasteiger partial charge in [0.15, 0.2) is 0 Å². The van der Waals surface area contributed by atoms with Gasteiger partial charge < -0.3 is 15.0 Å². The molecule has 2 rings (SSSR count). The number of likely N-dealkylation sites (tertiary alicyclic amines) is 1. The average molecular weight is 327 g/mol. The van der Waals surface area contributed by atoms with Crippen molar-refractivity contribution in [3.8, 4) is 5.75 Å². The lowest BCUT2D eigenvalue weighted by Gasteiger charge is -2.32. The van der Waals surface area contributed by atoms with Crippen LogP contribution in [0.5, 0.6) is 5.75 Å². The van der Waals surface area contributed by atoms with Gasteiger partial charge in [-0.15, -0.1) is 12.4 Å². The Labute approximate surface area is 139 Å². The van der Waals surface area contributed by atoms with Crippen molar-refractivity contribution in [3.63, 3.8) is 0 Å². The van der Waals surface area contributed by atoms with Crippen LogP contribution in [0, 0.1) is 5.92 Å². The number of rotatable bonds is 6. The maximum absolute atomic E-state index is 12.0. The molecule has 0 aromatic heterocycles. The second-order valence-corrected chi connectivity index (χ2v) is 5.73. The molecule has 0 saturated carbocycles. The van der Waals surface area contributed by atoms with Gasteiger partial charge in [-0.2, -0.15) is 0 Å². The maximum atomic E-state index is 12.0. The summed E-state index contributed by atoms with van der Waals surface area (Å²) in [5, 5.41) is 3.03. The number of benzene rings is 1. The largest absolute Gasteiger partial charge is 0.497 e. The van der Waals surface area contributed by atoms with Gasteiger partial charge in [-0.25, -0.2) is 0 Å². The van der Waals surface area contributed by atoms with Crippen LogP contribution in [-0.2, 0) is 11.2 Å². The lowest BCUT2D eigenvalue weighted by molar-refractivity contribution is -0.132. The highest BCUT2D eigenvalue weighted by atomic mass is 35.5. The normalized spacial score (nSPS) is 15.3. The zero-order chi connectivity index (χ0) is 15.1. The first-order valence-electron chi connectivity index (χ1n) is 7.78. The first-order chi connectivity index (χ1) is 10.2. The molecule has 0 radical (unpaired) electrons. The van der Waals surface area contributed by atoms with E-state index in [4.69, 9.17) is 4.74 Å². The van der Waals surface area contributed by atoms with Crippen LogP contribution >= 0.6 is 12.4 Å². The Morgan fingerprint density at radius 3 is 2.45 bits per heavy atom. The molecular formula is C17H27ClN2O2. The molecule has 1 aliphatic rings. The number of hydrogen-bond acceptors (Lipinski definition) is 3. The Balaban J connectivity index is 0.00000242. The summed E-state index contributed by atoms with van der Waals surface area (Å²) in [7, 11) is 3.57. The predicted molar refractivity (Wildman–Crippen MR) is 91.8 cm³/mol. The maximum Gasteiger partial charge on any atom is 0.223 e. The molecule has 1 saturated heterocycles. The molecule has 1 amide bonds. The molecule has 124 valence electrons. The molecule has 4 nitrogen and oxygen atoms in total. The van der Waals surface area contributed by atoms with Gasteiger partial charge in [0.1, 0.15) is 5.75 Å². The molecule has 0 unspecified atom stereocenters. The Morgan fingerprint density at radius 2 is 1.91 bits per heavy atom. The van der Waals surface area contributed by atoms with Crippen LogP contribution in [-0.4, -0.2) is 44.6 Å². The summed E-state index contributed by atoms with van der Waals surface area (Å²) in [6.45, 7) is 2.58. The van der Waals surface area contributed by atoms with Gasteiger partial charge in [0.25, 0.3) is 0 Å². The Morgan fingerprint density at radius 1 is 1.27 bits per heavy atom. The monoisotopic (exact) mass is 326 g/mol. The van der Waals surface area contributed by atoms with Crippen LogP contribution in [0.3, 0.4) is 0 Å². The van der Waals surface area contributed by atoms with Gasteiger partial charge in [-0.1, -0.05) is 12.1 Å². The van der Waals surface area contributed by atoms with Crippen LogP contribution in [0.2, 0.25) is 0 Å². The number of methoxy groups -OCH3 is 1. The number of piperidine rings is 1. The van der Waals surface area contributed by atoms with Gasteiger partial charge in [0, 0.05) is 26.1 Å². The highest BCUT2D eigenvalue weighted by molar-refractivity contribution is 5.85. The summed E-state index contributed by atoms with van der Waals surface area (Å²) in [6.07, 6.45) is 3.93. The minimum atomic E-state index is 0. The fraction of sp³-hybridized carbons (Fsp3) is 0.588. The average Bonchev–Trinajstić information content (AvgIpc) is 2.54. The van der Waals surface area contributed by atoms with Crippen molar-refractivity contribution in [2.24, 2.45) is 5.92 Å². The SMILES string of the molecule is CNCCC(=O)N1CCC(Cc2ccc(OC)cc2)CC1.Cl. The van der Waals surface area contributed by atoms with Crippen molar-refractivity contribution >= 4 is 18.3 Å². The molecule has 1 aromatic carbocycles. The zero-order valence-electron chi connectivity index (χ0n) is 13.5. The molecule has 0 aliphatic carbocycles. The van der Waals surface area contributed by atoms with E-state index in [-0.39, 0.29) is 18.3 Å². The van der Waals surface area contributed by atoms with Gasteiger partial charge in [-0.3, -0.25) is 4.79 Å². The number of ether oxygens (including phenoxy) is 1. The molecular weight excluding hydrogens is 300 g/mol. The molecule has 5 heteroatoms. The van der Waals surface area contributed by atoms with Gasteiger partial charge >= 0.3 is 0 Å². The van der Waals surface area contributed by atoms with E-state index in [1.54, 1.807) is 7.11 Å². The first kappa shape index (κ1) is 18.8. The van der Waals surface area contributed by atoms with Crippen molar-refractivity contribution < 1.29 is 9.53 Å². The van der Waals surface area contributed by atoms with Crippen LogP contribution in [0.25, 0.3) is 0 Å². The smallest absolute Gasteiger partial charge is 0.223 e. The third kappa shape index (κ3) is 5.50. The Kier molecular flexibility index (Phi) is 8.28. The first-order valence-corrected chi connectivity index (χ1v) is 7.78. The van der Waals surface area contributed by atoms with Crippen molar-refractivity contribution in [1.82, 2.24) is 10.2 Å². The molecule has 1 aliphatic heterocycles. The number of hydrogen-bond donors (Lipinski definition) is 1. The number of nitrogens with one attached hydrogen (secondary N) is 1. The van der Waals surface area contributed by atoms with E-state index in [1.807, 2.05) is 24.1 Å². The summed E-state index contributed by atoms with van der Waals surface area (Å²) in [5.74, 6) is 1.88. The van der Waals surface area contributed by atoms with Gasteiger partial charge in [0.05, 0.1) is 7.11 Å². The van der Waals surface area contributed by atoms with Crippen molar-refractivity contribution in [1.29, 1.82) is 0 Å². The van der Waals surface area contributed by atoms with Crippen LogP contribution in [0.15, 0.2) is 24.3 Å². The molecule has 1 N–H and O–H groups in total. The second-order valence-electron chi connectivity index (χ2n) is 5.73. The van der Waals surface area contributed by atoms with Crippen molar-refractivity contribution in [2.75, 3.05) is 33.8 Å². The fourth-order valence-corrected chi connectivity index (χ4v) is 2.87. The van der Waals surface area contributed by atoms with E-state index in [2.05, 4.69) is 17.4 Å². The summed E-state index contributed by atoms with van der Waals surface area (Å²) in [4.78, 5) is 14.0. The predicted octanol–water partition coefficient (Wildman–Crippen LogP) is 2.51. The molecule has 22 heavy (non-hydrogen) atoms. The van der Waals surface area contributed by atoms with E-state index in [9.17, 15) is 4.79 Å². The molecule has 1 fully saturated rings. The van der Waals surface area contributed by atoms with Crippen molar-refractivity contribution in [3.05, 3.63) is 29.8 Å². The summed E-state index contributed by atoms with van der Waals surface area (Å²) >= 11 is 0. The third-order valence-corrected chi connectivity index (χ3v) is 4.24. The number of halogens is 1. The number of carbonyl (C=O) groups excluding carboxylic acids is 1. The molecule has 1 heterocycles. The molecule has 0 spiro atoms. The van der Waals surface area contributed by atoms with E-state index in [1.165, 1.54) is 5.56 Å². The summed E-state index contributed by atoms with van der Waals surface area (Å²) in [6, 6.07) is 8.32. The van der Waals surface area contributed by atoms with E-state index >= 15 is 0 Å². The zero-order valence-corrected chi connectivity index (χ0v) is 14.3. The summed E-state index contributed by atoms with van der Waals surface area (Å²) in [5.41, 5.74) is 1.36. The van der Waals surface area contributed by atoms with E-state index in [0.29, 0.717) is 12.3 Å². The number of amides is 1. The van der Waals surface area contributed by atoms with Crippen LogP contribution in [0.1, 0.15) is 24.8 Å². The minimum Gasteiger partial charge on any atom is -0.497 e. The van der Waals surface area contributed by atoms with Crippen molar-refractivity contribution in [2.45, 2.75) is 25.7 Å². The lowest BCUT2D eigenvalue weighted by atomic mass is 9.90. The Bertz CT molecular complexity index is 442. The van der Waals surface area contributed by atoms with E-state index in [0.717, 1.165) is 44.6 Å². The Hall–Kier alpha value is -1.26. The quantitative estimate of drug-likeness (QED) is 0.873. The highest BCUT2D eigenvalue weighted by Crippen LogP contribution is 2.23. The topological polar surface area (TPSA) is 41.6 Å². The van der Waals surface area contributed by atoms with Crippen LogP contribution < -0.4 is 10.1 Å². The van der Waals surface area contributed by atoms with Crippen LogP contribution in [0.4, 0.5) is 0 Å². The van der Waals surface area contributed by atoms with Gasteiger partial charge in [-0.05, 0) is 49.9 Å². The van der Waals surface area contributed by atoms with Gasteiger partial charge in [0.2, 0.25) is 5.91 Å². The molecule has 0 bridgehead atoms. The third-order valence-electron chi connectivity index (χ3n) is 4.24. The summed E-state index contributed by atoms with van der Waals surface area (Å²) < 4.78 is 5.18. The standard InChI is InChI=1S/C17H26N2O2.ClH/c1-18-10-7-17(20)19-11-8-15(9-12-19)13-14-3-5-16(21-2)6-4-14;/h3-6,15,18H,7-13H2,1-2H3;1H. The molecule has 0 atom stereocenters. The second kappa shape index (κ2) is 9.70. The minimum absolute atomic E-state index is 0.